The van der Waals surface area contributed by atoms with Crippen LogP contribution in [0.3, 0.4) is 0 Å². The fourth-order valence-corrected chi connectivity index (χ4v) is 21.4. The van der Waals surface area contributed by atoms with Gasteiger partial charge in [0.2, 0.25) is 0 Å². The van der Waals surface area contributed by atoms with Crippen LogP contribution in [0.4, 0.5) is 0 Å². The SMILES string of the molecule is CC(C)(CCC[Si](CCCBr)(CCCBr)CCCBr)CCC[Si](CCCBr)(CCCBr)CCCBr. The molecule has 0 N–H and O–H groups in total. The highest BCUT2D eigenvalue weighted by molar-refractivity contribution is 9.10. The van der Waals surface area contributed by atoms with Crippen LogP contribution in [0.5, 0.6) is 0 Å². The van der Waals surface area contributed by atoms with Crippen LogP contribution in [0.15, 0.2) is 0 Å². The smallest absolute Gasteiger partial charge is 0.0536 e. The average Bonchev–Trinajstić information content (AvgIpc) is 2.85. The number of hydrogen-bond acceptors (Lipinski definition) is 0. The molecule has 0 heterocycles. The summed E-state index contributed by atoms with van der Waals surface area (Å²) >= 11 is 22.4. The minimum absolute atomic E-state index is 0.501. The zero-order chi connectivity index (χ0) is 26.5. The van der Waals surface area contributed by atoms with E-state index in [2.05, 4.69) is 109 Å². The highest BCUT2D eigenvalue weighted by Gasteiger charge is 2.33. The summed E-state index contributed by atoms with van der Waals surface area (Å²) in [5.74, 6) is 0. The maximum Gasteiger partial charge on any atom is 0.0536 e. The molecule has 0 aromatic heterocycles. The Balaban J connectivity index is 5.01. The molecule has 0 amide bonds. The number of halogens is 6. The Morgan fingerprint density at radius 3 is 0.771 bits per heavy atom. The molecule has 0 aliphatic rings. The molecule has 0 saturated carbocycles. The largest absolute Gasteiger partial charge is 0.0928 e. The molecular weight excluding hydrogens is 860 g/mol. The van der Waals surface area contributed by atoms with Gasteiger partial charge in [0.05, 0.1) is 16.1 Å². The third kappa shape index (κ3) is 19.1. The maximum atomic E-state index is 3.73. The van der Waals surface area contributed by atoms with Gasteiger partial charge in [0.1, 0.15) is 0 Å². The van der Waals surface area contributed by atoms with Crippen LogP contribution < -0.4 is 0 Å². The van der Waals surface area contributed by atoms with Crippen molar-refractivity contribution in [3.05, 3.63) is 0 Å². The summed E-state index contributed by atoms with van der Waals surface area (Å²) in [7, 11) is -2.32. The Morgan fingerprint density at radius 2 is 0.571 bits per heavy atom. The highest BCUT2D eigenvalue weighted by atomic mass is 79.9. The van der Waals surface area contributed by atoms with E-state index in [-0.39, 0.29) is 0 Å². The number of rotatable bonds is 26. The first-order chi connectivity index (χ1) is 16.8. The van der Waals surface area contributed by atoms with E-state index >= 15 is 0 Å². The van der Waals surface area contributed by atoms with E-state index in [1.54, 1.807) is 12.1 Å². The summed E-state index contributed by atoms with van der Waals surface area (Å²) < 4.78 is 0. The zero-order valence-corrected chi connectivity index (χ0v) is 34.3. The summed E-state index contributed by atoms with van der Waals surface area (Å²) in [5, 5.41) is 7.09. The van der Waals surface area contributed by atoms with Crippen LogP contribution >= 0.6 is 95.6 Å². The third-order valence-corrected chi connectivity index (χ3v) is 22.8. The molecule has 0 aliphatic carbocycles. The fraction of sp³-hybridized carbons (Fsp3) is 1.00. The van der Waals surface area contributed by atoms with Gasteiger partial charge in [-0.05, 0) is 56.8 Å². The first-order valence-corrected chi connectivity index (χ1v) is 26.5. The molecule has 0 atom stereocenters. The van der Waals surface area contributed by atoms with Gasteiger partial charge in [0.25, 0.3) is 0 Å². The van der Waals surface area contributed by atoms with Crippen molar-refractivity contribution in [1.82, 2.24) is 0 Å². The molecule has 0 fully saturated rings. The van der Waals surface area contributed by atoms with Crippen molar-refractivity contribution < 1.29 is 0 Å². The van der Waals surface area contributed by atoms with Gasteiger partial charge in [-0.1, -0.05) is 171 Å². The van der Waals surface area contributed by atoms with Gasteiger partial charge in [0.15, 0.2) is 0 Å². The molecule has 0 rings (SSSR count). The van der Waals surface area contributed by atoms with Crippen molar-refractivity contribution in [1.29, 1.82) is 0 Å². The van der Waals surface area contributed by atoms with E-state index in [0.717, 1.165) is 0 Å². The van der Waals surface area contributed by atoms with Gasteiger partial charge in [-0.2, -0.15) is 0 Å². The van der Waals surface area contributed by atoms with E-state index in [4.69, 9.17) is 0 Å². The molecule has 8 heteroatoms. The van der Waals surface area contributed by atoms with Crippen LogP contribution in [-0.4, -0.2) is 48.1 Å². The third-order valence-electron chi connectivity index (χ3n) is 8.17. The first-order valence-electron chi connectivity index (χ1n) is 14.1. The predicted octanol–water partition coefficient (Wildman–Crippen LogP) is 13.2. The van der Waals surface area contributed by atoms with Gasteiger partial charge in [-0.25, -0.2) is 0 Å². The second-order valence-corrected chi connectivity index (χ2v) is 26.4. The minimum Gasteiger partial charge on any atom is -0.0928 e. The summed E-state index contributed by atoms with van der Waals surface area (Å²) in [6, 6.07) is 12.3. The number of hydrogen-bond donors (Lipinski definition) is 0. The Morgan fingerprint density at radius 1 is 0.371 bits per heavy atom. The summed E-state index contributed by atoms with van der Waals surface area (Å²) in [6.45, 7) is 5.15. The molecule has 0 unspecified atom stereocenters. The molecule has 0 spiro atoms. The van der Waals surface area contributed by atoms with Crippen LogP contribution in [0.25, 0.3) is 0 Å². The van der Waals surface area contributed by atoms with Crippen LogP contribution in [0.1, 0.15) is 78.1 Å². The predicted molar refractivity (Wildman–Crippen MR) is 193 cm³/mol. The minimum atomic E-state index is -1.16. The van der Waals surface area contributed by atoms with Crippen LogP contribution in [0, 0.1) is 5.41 Å². The first kappa shape index (κ1) is 38.3. The molecule has 35 heavy (non-hydrogen) atoms. The Labute approximate surface area is 272 Å². The lowest BCUT2D eigenvalue weighted by molar-refractivity contribution is 0.300. The lowest BCUT2D eigenvalue weighted by Gasteiger charge is -2.35. The molecule has 0 radical (unpaired) electrons. The van der Waals surface area contributed by atoms with Crippen molar-refractivity contribution in [3.8, 4) is 0 Å². The molecule has 212 valence electrons. The summed E-state index contributed by atoms with van der Waals surface area (Å²) in [6.07, 6.45) is 14.1. The lowest BCUT2D eigenvalue weighted by atomic mass is 9.84. The molecule has 0 aromatic carbocycles. The monoisotopic (exact) mass is 908 g/mol. The quantitative estimate of drug-likeness (QED) is 0.0599. The van der Waals surface area contributed by atoms with Gasteiger partial charge >= 0.3 is 0 Å². The van der Waals surface area contributed by atoms with E-state index < -0.39 is 16.1 Å². The second-order valence-electron chi connectivity index (χ2n) is 11.6. The Hall–Kier alpha value is 3.31. The van der Waals surface area contributed by atoms with Crippen molar-refractivity contribution >= 4 is 112 Å². The molecule has 0 nitrogen and oxygen atoms in total. The standard InChI is InChI=1S/C27H54Br6Si2/c1-27(2,11-3-19-34(21-5-13-28,22-6-14-29)23-7-15-30)12-4-20-35(24-8-16-31,25-9-17-32)26-10-18-33/h3-26H2,1-2H3. The van der Waals surface area contributed by atoms with Crippen molar-refractivity contribution in [2.24, 2.45) is 5.41 Å². The van der Waals surface area contributed by atoms with Gasteiger partial charge in [0, 0.05) is 32.0 Å². The summed E-state index contributed by atoms with van der Waals surface area (Å²) in [4.78, 5) is 0. The molecule has 0 bridgehead atoms. The van der Waals surface area contributed by atoms with Crippen molar-refractivity contribution in [3.63, 3.8) is 0 Å². The lowest BCUT2D eigenvalue weighted by Crippen LogP contribution is -2.35. The van der Waals surface area contributed by atoms with Gasteiger partial charge in [-0.15, -0.1) is 0 Å². The number of alkyl halides is 6. The topological polar surface area (TPSA) is 0 Å². The van der Waals surface area contributed by atoms with Crippen molar-refractivity contribution in [2.75, 3.05) is 32.0 Å². The fourth-order valence-electron chi connectivity index (χ4n) is 6.16. The molecular formula is C27H54Br6Si2. The molecule has 0 aromatic rings. The second kappa shape index (κ2) is 24.0. The van der Waals surface area contributed by atoms with E-state index in [1.165, 1.54) is 132 Å². The van der Waals surface area contributed by atoms with E-state index in [0.29, 0.717) is 5.41 Å². The van der Waals surface area contributed by atoms with Crippen LogP contribution in [-0.2, 0) is 0 Å². The average molecular weight is 914 g/mol. The summed E-state index contributed by atoms with van der Waals surface area (Å²) in [5.41, 5.74) is 0.501. The molecule has 0 saturated heterocycles. The highest BCUT2D eigenvalue weighted by Crippen LogP contribution is 2.39. The Kier molecular flexibility index (Phi) is 26.2. The van der Waals surface area contributed by atoms with E-state index in [1.807, 2.05) is 0 Å². The normalized spacial score (nSPS) is 13.0. The van der Waals surface area contributed by atoms with Gasteiger partial charge in [-0.3, -0.25) is 0 Å². The van der Waals surface area contributed by atoms with E-state index in [9.17, 15) is 0 Å². The zero-order valence-electron chi connectivity index (χ0n) is 22.7. The van der Waals surface area contributed by atoms with Gasteiger partial charge < -0.3 is 0 Å². The van der Waals surface area contributed by atoms with Crippen LogP contribution in [0.2, 0.25) is 48.4 Å². The molecule has 0 aliphatic heterocycles. The maximum absolute atomic E-state index is 3.73. The Bertz CT molecular complexity index is 395. The van der Waals surface area contributed by atoms with Crippen molar-refractivity contribution in [2.45, 2.75) is 126 Å².